The van der Waals surface area contributed by atoms with E-state index in [4.69, 9.17) is 0 Å². The molecule has 3 nitrogen and oxygen atoms in total. The fourth-order valence-corrected chi connectivity index (χ4v) is 2.73. The largest absolute Gasteiger partial charge is 0.236 e. The van der Waals surface area contributed by atoms with Gasteiger partial charge in [0.25, 0.3) is 0 Å². The fourth-order valence-electron chi connectivity index (χ4n) is 1.07. The van der Waals surface area contributed by atoms with Gasteiger partial charge < -0.3 is 0 Å². The summed E-state index contributed by atoms with van der Waals surface area (Å²) in [7, 11) is -3.22. The Kier molecular flexibility index (Phi) is 4.15. The molecule has 0 unspecified atom stereocenters. The molecule has 0 aromatic heterocycles. The zero-order chi connectivity index (χ0) is 9.73. The highest BCUT2D eigenvalue weighted by molar-refractivity contribution is 9.09. The van der Waals surface area contributed by atoms with Crippen LogP contribution in [-0.4, -0.2) is 20.3 Å². The summed E-state index contributed by atoms with van der Waals surface area (Å²) in [6, 6.07) is 0. The van der Waals surface area contributed by atoms with E-state index in [1.807, 2.05) is 6.08 Å². The number of allylic oxidation sites excluding steroid dienone is 4. The molecule has 0 spiro atoms. The number of hydrogen-bond donors (Lipinski definition) is 1. The summed E-state index contributed by atoms with van der Waals surface area (Å²) in [6.07, 6.45) is 6.81. The first-order valence-corrected chi connectivity index (χ1v) is 6.68. The van der Waals surface area contributed by atoms with E-state index in [9.17, 15) is 8.42 Å². The number of rotatable bonds is 4. The average molecular weight is 266 g/mol. The summed E-state index contributed by atoms with van der Waals surface area (Å²) >= 11 is 3.17. The molecule has 1 rings (SSSR count). The van der Waals surface area contributed by atoms with Crippen LogP contribution in [0, 0.1) is 0 Å². The Bertz CT molecular complexity index is 319. The second-order valence-corrected chi connectivity index (χ2v) is 5.30. The topological polar surface area (TPSA) is 46.2 Å². The predicted molar refractivity (Wildman–Crippen MR) is 57.2 cm³/mol. The molecule has 0 atom stereocenters. The standard InChI is InChI=1S/C8H12BrNO2S/c9-6-7-10-13(11,12)8-4-2-1-3-5-8/h1-2,4,10H,3,5-7H2. The van der Waals surface area contributed by atoms with Crippen molar-refractivity contribution >= 4 is 26.0 Å². The van der Waals surface area contributed by atoms with Gasteiger partial charge in [-0.25, -0.2) is 13.1 Å². The first-order chi connectivity index (χ1) is 6.17. The third-order valence-corrected chi connectivity index (χ3v) is 3.72. The van der Waals surface area contributed by atoms with Crippen LogP contribution in [0.2, 0.25) is 0 Å². The minimum atomic E-state index is -3.22. The van der Waals surface area contributed by atoms with Crippen LogP contribution in [-0.2, 0) is 10.0 Å². The molecule has 13 heavy (non-hydrogen) atoms. The van der Waals surface area contributed by atoms with Crippen molar-refractivity contribution in [1.29, 1.82) is 0 Å². The molecule has 0 saturated heterocycles. The summed E-state index contributed by atoms with van der Waals surface area (Å²) in [4.78, 5) is 0.482. The molecule has 5 heteroatoms. The number of sulfonamides is 1. The summed E-state index contributed by atoms with van der Waals surface area (Å²) in [5.74, 6) is 0. The monoisotopic (exact) mass is 265 g/mol. The lowest BCUT2D eigenvalue weighted by molar-refractivity contribution is 0.588. The normalized spacial score (nSPS) is 17.2. The molecule has 0 aromatic carbocycles. The van der Waals surface area contributed by atoms with Crippen molar-refractivity contribution in [2.75, 3.05) is 11.9 Å². The van der Waals surface area contributed by atoms with Crippen molar-refractivity contribution in [3.05, 3.63) is 23.1 Å². The predicted octanol–water partition coefficient (Wildman–Crippen LogP) is 1.53. The van der Waals surface area contributed by atoms with Crippen molar-refractivity contribution < 1.29 is 8.42 Å². The molecule has 1 aliphatic rings. The van der Waals surface area contributed by atoms with Gasteiger partial charge in [0.05, 0.1) is 4.91 Å². The fraction of sp³-hybridized carbons (Fsp3) is 0.500. The van der Waals surface area contributed by atoms with Crippen molar-refractivity contribution in [2.24, 2.45) is 0 Å². The maximum absolute atomic E-state index is 11.5. The molecule has 0 radical (unpaired) electrons. The molecule has 0 amide bonds. The van der Waals surface area contributed by atoms with Crippen LogP contribution in [0.15, 0.2) is 23.1 Å². The zero-order valence-electron chi connectivity index (χ0n) is 7.16. The van der Waals surface area contributed by atoms with Gasteiger partial charge in [0.2, 0.25) is 10.0 Å². The Morgan fingerprint density at radius 1 is 1.54 bits per heavy atom. The quantitative estimate of drug-likeness (QED) is 0.784. The average Bonchev–Trinajstić information content (AvgIpc) is 2.16. The second-order valence-electron chi connectivity index (χ2n) is 2.69. The van der Waals surface area contributed by atoms with Gasteiger partial charge >= 0.3 is 0 Å². The minimum absolute atomic E-state index is 0.434. The van der Waals surface area contributed by atoms with Gasteiger partial charge in [-0.1, -0.05) is 28.1 Å². The van der Waals surface area contributed by atoms with Gasteiger partial charge in [0.15, 0.2) is 0 Å². The smallest absolute Gasteiger partial charge is 0.211 e. The lowest BCUT2D eigenvalue weighted by Crippen LogP contribution is -2.27. The SMILES string of the molecule is O=S(=O)(NCCBr)C1=CC=CCC1. The summed E-state index contributed by atoms with van der Waals surface area (Å²) < 4.78 is 25.5. The summed E-state index contributed by atoms with van der Waals surface area (Å²) in [6.45, 7) is 0.434. The maximum atomic E-state index is 11.5. The molecule has 0 heterocycles. The zero-order valence-corrected chi connectivity index (χ0v) is 9.57. The second kappa shape index (κ2) is 4.93. The highest BCUT2D eigenvalue weighted by atomic mass is 79.9. The van der Waals surface area contributed by atoms with Gasteiger partial charge in [-0.05, 0) is 18.9 Å². The lowest BCUT2D eigenvalue weighted by Gasteiger charge is -2.10. The van der Waals surface area contributed by atoms with Gasteiger partial charge in [-0.3, -0.25) is 0 Å². The minimum Gasteiger partial charge on any atom is -0.211 e. The lowest BCUT2D eigenvalue weighted by atomic mass is 10.2. The van der Waals surface area contributed by atoms with E-state index in [1.165, 1.54) is 0 Å². The third kappa shape index (κ3) is 3.25. The number of nitrogens with one attached hydrogen (secondary N) is 1. The third-order valence-electron chi connectivity index (χ3n) is 1.71. The Morgan fingerprint density at radius 3 is 2.85 bits per heavy atom. The summed E-state index contributed by atoms with van der Waals surface area (Å²) in [5.41, 5.74) is 0. The Morgan fingerprint density at radius 2 is 2.31 bits per heavy atom. The van der Waals surface area contributed by atoms with Crippen molar-refractivity contribution in [3.63, 3.8) is 0 Å². The maximum Gasteiger partial charge on any atom is 0.236 e. The van der Waals surface area contributed by atoms with E-state index in [1.54, 1.807) is 12.2 Å². The molecule has 1 aliphatic carbocycles. The number of halogens is 1. The Labute approximate surface area is 87.1 Å². The Balaban J connectivity index is 2.68. The van der Waals surface area contributed by atoms with Crippen LogP contribution in [0.4, 0.5) is 0 Å². The van der Waals surface area contributed by atoms with Crippen LogP contribution < -0.4 is 4.72 Å². The summed E-state index contributed by atoms with van der Waals surface area (Å²) in [5, 5.41) is 0.634. The molecule has 0 aromatic rings. The first kappa shape index (κ1) is 10.9. The van der Waals surface area contributed by atoms with E-state index < -0.39 is 10.0 Å². The molecular formula is C8H12BrNO2S. The molecule has 0 fully saturated rings. The van der Waals surface area contributed by atoms with E-state index in [0.29, 0.717) is 23.2 Å². The van der Waals surface area contributed by atoms with Crippen LogP contribution >= 0.6 is 15.9 Å². The molecular weight excluding hydrogens is 254 g/mol. The molecule has 74 valence electrons. The molecule has 1 N–H and O–H groups in total. The highest BCUT2D eigenvalue weighted by Gasteiger charge is 2.16. The van der Waals surface area contributed by atoms with Crippen molar-refractivity contribution in [1.82, 2.24) is 4.72 Å². The Hall–Kier alpha value is -0.130. The molecule has 0 bridgehead atoms. The van der Waals surface area contributed by atoms with Crippen molar-refractivity contribution in [2.45, 2.75) is 12.8 Å². The molecule has 0 saturated carbocycles. The van der Waals surface area contributed by atoms with Crippen LogP contribution in [0.3, 0.4) is 0 Å². The van der Waals surface area contributed by atoms with Crippen LogP contribution in [0.5, 0.6) is 0 Å². The van der Waals surface area contributed by atoms with Crippen molar-refractivity contribution in [3.8, 4) is 0 Å². The van der Waals surface area contributed by atoms with E-state index >= 15 is 0 Å². The first-order valence-electron chi connectivity index (χ1n) is 4.08. The molecule has 0 aliphatic heterocycles. The highest BCUT2D eigenvalue weighted by Crippen LogP contribution is 2.16. The van der Waals surface area contributed by atoms with Gasteiger partial charge in [-0.15, -0.1) is 0 Å². The van der Waals surface area contributed by atoms with Gasteiger partial charge in [0, 0.05) is 11.9 Å². The van der Waals surface area contributed by atoms with Gasteiger partial charge in [0.1, 0.15) is 0 Å². The van der Waals surface area contributed by atoms with Gasteiger partial charge in [-0.2, -0.15) is 0 Å². The van der Waals surface area contributed by atoms with Crippen LogP contribution in [0.1, 0.15) is 12.8 Å². The van der Waals surface area contributed by atoms with E-state index in [0.717, 1.165) is 6.42 Å². The number of hydrogen-bond acceptors (Lipinski definition) is 2. The van der Waals surface area contributed by atoms with E-state index in [2.05, 4.69) is 20.7 Å². The van der Waals surface area contributed by atoms with E-state index in [-0.39, 0.29) is 0 Å². The number of alkyl halides is 1. The van der Waals surface area contributed by atoms with Crippen LogP contribution in [0.25, 0.3) is 0 Å².